The molecule has 3 aromatic rings. The van der Waals surface area contributed by atoms with Crippen molar-refractivity contribution in [2.45, 2.75) is 57.0 Å². The monoisotopic (exact) mass is 562 g/mol. The lowest BCUT2D eigenvalue weighted by atomic mass is 9.79. The van der Waals surface area contributed by atoms with Gasteiger partial charge < -0.3 is 10.2 Å². The van der Waals surface area contributed by atoms with Crippen LogP contribution < -0.4 is 5.32 Å². The molecule has 0 bridgehead atoms. The highest BCUT2D eigenvalue weighted by Crippen LogP contribution is 2.42. The minimum absolute atomic E-state index is 0.0304. The number of nitrogens with zero attached hydrogens (tertiary/aromatic N) is 3. The summed E-state index contributed by atoms with van der Waals surface area (Å²) < 4.78 is 0. The SMILES string of the molecule is O=C(CN1CCc2cc(-c3cccnc3)ccc2C1C1CCN(C2CCCC2)CC1)Nc1cc(Cl)cc(Cl)c1. The molecule has 2 aromatic carbocycles. The van der Waals surface area contributed by atoms with Gasteiger partial charge in [0.15, 0.2) is 0 Å². The quantitative estimate of drug-likeness (QED) is 0.343. The standard InChI is InChI=1S/C32H36Cl2N4O/c33-26-17-27(34)19-28(18-26)36-31(39)21-38-15-11-24-16-23(25-4-3-12-35-20-25)7-8-30(24)32(38)22-9-13-37(14-10-22)29-5-1-2-6-29/h3-4,7-8,12,16-20,22,29,32H,1-2,5-6,9-11,13-15,21H2,(H,36,39). The minimum atomic E-state index is -0.0304. The van der Waals surface area contributed by atoms with Crippen molar-refractivity contribution < 1.29 is 4.79 Å². The maximum absolute atomic E-state index is 13.3. The van der Waals surface area contributed by atoms with E-state index in [0.717, 1.165) is 37.7 Å². The zero-order chi connectivity index (χ0) is 26.8. The Hall–Kier alpha value is -2.44. The Balaban J connectivity index is 1.23. The maximum Gasteiger partial charge on any atom is 0.238 e. The van der Waals surface area contributed by atoms with Crippen LogP contribution in [0.4, 0.5) is 5.69 Å². The predicted molar refractivity (Wildman–Crippen MR) is 159 cm³/mol. The second kappa shape index (κ2) is 12.0. The molecule has 5 nitrogen and oxygen atoms in total. The second-order valence-electron chi connectivity index (χ2n) is 11.3. The molecule has 1 saturated heterocycles. The summed E-state index contributed by atoms with van der Waals surface area (Å²) in [6.07, 6.45) is 12.5. The molecule has 2 aliphatic heterocycles. The molecule has 0 radical (unpaired) electrons. The van der Waals surface area contributed by atoms with Crippen LogP contribution in [0.5, 0.6) is 0 Å². The van der Waals surface area contributed by atoms with Crippen LogP contribution in [0, 0.1) is 5.92 Å². The van der Waals surface area contributed by atoms with E-state index >= 15 is 0 Å². The van der Waals surface area contributed by atoms with Crippen LogP contribution >= 0.6 is 23.2 Å². The van der Waals surface area contributed by atoms with Gasteiger partial charge in [-0.05, 0) is 97.6 Å². The van der Waals surface area contributed by atoms with E-state index in [0.29, 0.717) is 28.2 Å². The summed E-state index contributed by atoms with van der Waals surface area (Å²) in [5.74, 6) is 0.497. The molecule has 7 heteroatoms. The normalized spacial score (nSPS) is 21.1. The fourth-order valence-corrected chi connectivity index (χ4v) is 7.56. The van der Waals surface area contributed by atoms with Crippen LogP contribution in [0.1, 0.15) is 55.7 Å². The van der Waals surface area contributed by atoms with Crippen molar-refractivity contribution in [3.63, 3.8) is 0 Å². The minimum Gasteiger partial charge on any atom is -0.325 e. The number of carbonyl (C=O) groups is 1. The lowest BCUT2D eigenvalue weighted by Crippen LogP contribution is -2.47. The third-order valence-electron chi connectivity index (χ3n) is 8.87. The molecule has 6 rings (SSSR count). The van der Waals surface area contributed by atoms with Gasteiger partial charge >= 0.3 is 0 Å². The summed E-state index contributed by atoms with van der Waals surface area (Å²) in [5.41, 5.74) is 5.77. The summed E-state index contributed by atoms with van der Waals surface area (Å²) in [4.78, 5) is 22.7. The Morgan fingerprint density at radius 1 is 0.923 bits per heavy atom. The van der Waals surface area contributed by atoms with Crippen molar-refractivity contribution in [1.29, 1.82) is 0 Å². The summed E-state index contributed by atoms with van der Waals surface area (Å²) in [5, 5.41) is 4.06. The average molecular weight is 564 g/mol. The van der Waals surface area contributed by atoms with Gasteiger partial charge in [-0.15, -0.1) is 0 Å². The zero-order valence-corrected chi connectivity index (χ0v) is 23.8. The molecule has 3 heterocycles. The number of rotatable bonds is 6. The number of hydrogen-bond donors (Lipinski definition) is 1. The number of piperidine rings is 1. The van der Waals surface area contributed by atoms with Gasteiger partial charge in [0.2, 0.25) is 5.91 Å². The van der Waals surface area contributed by atoms with E-state index in [-0.39, 0.29) is 11.9 Å². The van der Waals surface area contributed by atoms with Gasteiger partial charge in [0.1, 0.15) is 0 Å². The number of pyridine rings is 1. The number of halogens is 2. The van der Waals surface area contributed by atoms with E-state index in [1.54, 1.807) is 18.2 Å². The van der Waals surface area contributed by atoms with Crippen LogP contribution in [0.25, 0.3) is 11.1 Å². The van der Waals surface area contributed by atoms with Gasteiger partial charge in [-0.25, -0.2) is 0 Å². The number of benzene rings is 2. The van der Waals surface area contributed by atoms with Crippen LogP contribution in [-0.2, 0) is 11.2 Å². The first-order valence-electron chi connectivity index (χ1n) is 14.3. The van der Waals surface area contributed by atoms with E-state index in [2.05, 4.69) is 44.4 Å². The molecule has 1 N–H and O–H groups in total. The molecule has 39 heavy (non-hydrogen) atoms. The Morgan fingerprint density at radius 3 is 2.41 bits per heavy atom. The fourth-order valence-electron chi connectivity index (χ4n) is 7.03. The van der Waals surface area contributed by atoms with Gasteiger partial charge in [0.25, 0.3) is 0 Å². The molecule has 1 aliphatic carbocycles. The van der Waals surface area contributed by atoms with Crippen LogP contribution in [0.2, 0.25) is 10.0 Å². The molecule has 2 fully saturated rings. The zero-order valence-electron chi connectivity index (χ0n) is 22.3. The van der Waals surface area contributed by atoms with Crippen molar-refractivity contribution in [2.75, 3.05) is 31.5 Å². The lowest BCUT2D eigenvalue weighted by Gasteiger charge is -2.45. The van der Waals surface area contributed by atoms with Crippen molar-refractivity contribution >= 4 is 34.8 Å². The number of fused-ring (bicyclic) bond motifs is 1. The molecule has 1 unspecified atom stereocenters. The Labute approximate surface area is 241 Å². The first-order chi connectivity index (χ1) is 19.0. The van der Waals surface area contributed by atoms with Gasteiger partial charge in [0.05, 0.1) is 6.54 Å². The fraction of sp³-hybridized carbons (Fsp3) is 0.438. The van der Waals surface area contributed by atoms with Crippen molar-refractivity contribution in [3.8, 4) is 11.1 Å². The molecular formula is C32H36Cl2N4O. The molecule has 1 atom stereocenters. The predicted octanol–water partition coefficient (Wildman–Crippen LogP) is 7.25. The lowest BCUT2D eigenvalue weighted by molar-refractivity contribution is -0.118. The number of amides is 1. The van der Waals surface area contributed by atoms with Crippen molar-refractivity contribution in [1.82, 2.24) is 14.8 Å². The number of nitrogens with one attached hydrogen (secondary N) is 1. The molecule has 0 spiro atoms. The molecule has 1 amide bonds. The second-order valence-corrected chi connectivity index (χ2v) is 12.2. The molecular weight excluding hydrogens is 527 g/mol. The van der Waals surface area contributed by atoms with Gasteiger partial charge in [-0.1, -0.05) is 60.3 Å². The molecule has 204 valence electrons. The van der Waals surface area contributed by atoms with Crippen molar-refractivity contribution in [2.24, 2.45) is 5.92 Å². The third-order valence-corrected chi connectivity index (χ3v) is 9.31. The Bertz CT molecular complexity index is 1280. The van der Waals surface area contributed by atoms with Crippen LogP contribution in [0.15, 0.2) is 60.9 Å². The Kier molecular flexibility index (Phi) is 8.22. The van der Waals surface area contributed by atoms with Gasteiger partial charge in [0, 0.05) is 46.8 Å². The summed E-state index contributed by atoms with van der Waals surface area (Å²) in [7, 11) is 0. The molecule has 1 saturated carbocycles. The topological polar surface area (TPSA) is 48.5 Å². The highest BCUT2D eigenvalue weighted by Gasteiger charge is 2.37. The van der Waals surface area contributed by atoms with Gasteiger partial charge in [-0.2, -0.15) is 0 Å². The summed E-state index contributed by atoms with van der Waals surface area (Å²) >= 11 is 12.3. The van der Waals surface area contributed by atoms with Crippen molar-refractivity contribution in [3.05, 3.63) is 82.1 Å². The van der Waals surface area contributed by atoms with E-state index in [4.69, 9.17) is 23.2 Å². The summed E-state index contributed by atoms with van der Waals surface area (Å²) in [6, 6.07) is 17.2. The maximum atomic E-state index is 13.3. The van der Waals surface area contributed by atoms with E-state index in [1.807, 2.05) is 18.5 Å². The van der Waals surface area contributed by atoms with Crippen LogP contribution in [-0.4, -0.2) is 52.9 Å². The molecule has 1 aromatic heterocycles. The molecule has 3 aliphatic rings. The number of carbonyl (C=O) groups excluding carboxylic acids is 1. The highest BCUT2D eigenvalue weighted by molar-refractivity contribution is 6.35. The number of likely N-dealkylation sites (tertiary alicyclic amines) is 1. The average Bonchev–Trinajstić information content (AvgIpc) is 3.48. The Morgan fingerprint density at radius 2 is 1.69 bits per heavy atom. The first-order valence-corrected chi connectivity index (χ1v) is 15.1. The van der Waals surface area contributed by atoms with Gasteiger partial charge in [-0.3, -0.25) is 14.7 Å². The first kappa shape index (κ1) is 26.8. The van der Waals surface area contributed by atoms with E-state index in [1.165, 1.54) is 55.2 Å². The number of hydrogen-bond acceptors (Lipinski definition) is 4. The highest BCUT2D eigenvalue weighted by atomic mass is 35.5. The smallest absolute Gasteiger partial charge is 0.238 e. The van der Waals surface area contributed by atoms with Crippen LogP contribution in [0.3, 0.4) is 0 Å². The van der Waals surface area contributed by atoms with E-state index in [9.17, 15) is 4.79 Å². The largest absolute Gasteiger partial charge is 0.325 e. The summed E-state index contributed by atoms with van der Waals surface area (Å²) in [6.45, 7) is 3.54. The number of anilines is 1. The van der Waals surface area contributed by atoms with E-state index < -0.39 is 0 Å². The number of aromatic nitrogens is 1. The third kappa shape index (κ3) is 6.17.